The van der Waals surface area contributed by atoms with Crippen molar-refractivity contribution in [2.45, 2.75) is 13.8 Å². The molecule has 0 unspecified atom stereocenters. The van der Waals surface area contributed by atoms with Gasteiger partial charge >= 0.3 is 0 Å². The molecule has 3 nitrogen and oxygen atoms in total. The van der Waals surface area contributed by atoms with Crippen LogP contribution in [0.3, 0.4) is 0 Å². The number of hydrogen-bond acceptors (Lipinski definition) is 2. The van der Waals surface area contributed by atoms with Crippen molar-refractivity contribution < 1.29 is 4.39 Å². The van der Waals surface area contributed by atoms with E-state index in [9.17, 15) is 4.39 Å². The Balaban J connectivity index is 2.36. The maximum Gasteiger partial charge on any atom is 0.206 e. The van der Waals surface area contributed by atoms with Crippen LogP contribution in [0.5, 0.6) is 0 Å². The van der Waals surface area contributed by atoms with E-state index in [0.717, 1.165) is 16.8 Å². The molecule has 2 aromatic carbocycles. The minimum atomic E-state index is -0.354. The molecule has 3 aromatic rings. The molecule has 19 heavy (non-hydrogen) atoms. The summed E-state index contributed by atoms with van der Waals surface area (Å²) in [5.74, 6) is -0.0579. The second kappa shape index (κ2) is 4.09. The van der Waals surface area contributed by atoms with Gasteiger partial charge in [0.05, 0.1) is 5.52 Å². The number of fused-ring (bicyclic) bond motifs is 1. The van der Waals surface area contributed by atoms with Gasteiger partial charge < -0.3 is 5.73 Å². The highest BCUT2D eigenvalue weighted by Crippen LogP contribution is 2.25. The third-order valence-electron chi connectivity index (χ3n) is 3.13. The van der Waals surface area contributed by atoms with E-state index in [2.05, 4.69) is 11.1 Å². The summed E-state index contributed by atoms with van der Waals surface area (Å²) in [4.78, 5) is 4.11. The molecule has 0 aliphatic rings. The molecule has 0 fully saturated rings. The molecule has 0 atom stereocenters. The number of aryl methyl sites for hydroxylation is 2. The summed E-state index contributed by atoms with van der Waals surface area (Å²) in [5, 5.41) is 0. The monoisotopic (exact) mass is 255 g/mol. The van der Waals surface area contributed by atoms with E-state index in [4.69, 9.17) is 5.73 Å². The SMILES string of the molecule is Cc1cc(C)cc(-n2c(N)nc3c(F)cccc32)c1. The molecule has 0 saturated carbocycles. The summed E-state index contributed by atoms with van der Waals surface area (Å²) in [6.45, 7) is 4.04. The van der Waals surface area contributed by atoms with Crippen molar-refractivity contribution in [1.29, 1.82) is 0 Å². The normalized spacial score (nSPS) is 11.1. The first-order valence-corrected chi connectivity index (χ1v) is 6.07. The summed E-state index contributed by atoms with van der Waals surface area (Å²) < 4.78 is 15.5. The first-order chi connectivity index (χ1) is 9.06. The van der Waals surface area contributed by atoms with Crippen LogP contribution in [0.2, 0.25) is 0 Å². The molecule has 0 spiro atoms. The number of anilines is 1. The van der Waals surface area contributed by atoms with Crippen molar-refractivity contribution in [2.75, 3.05) is 5.73 Å². The Morgan fingerprint density at radius 2 is 1.79 bits per heavy atom. The Morgan fingerprint density at radius 1 is 1.11 bits per heavy atom. The molecule has 0 aliphatic carbocycles. The fourth-order valence-corrected chi connectivity index (χ4v) is 2.43. The molecule has 0 radical (unpaired) electrons. The standard InChI is InChI=1S/C15H14FN3/c1-9-6-10(2)8-11(7-9)19-13-5-3-4-12(16)14(13)18-15(19)17/h3-8H,1-2H3,(H2,17,18). The van der Waals surface area contributed by atoms with Gasteiger partial charge in [-0.15, -0.1) is 0 Å². The lowest BCUT2D eigenvalue weighted by atomic mass is 10.1. The second-order valence-corrected chi connectivity index (χ2v) is 4.76. The zero-order chi connectivity index (χ0) is 13.6. The number of nitrogen functional groups attached to an aromatic ring is 1. The first-order valence-electron chi connectivity index (χ1n) is 6.07. The fourth-order valence-electron chi connectivity index (χ4n) is 2.43. The van der Waals surface area contributed by atoms with Crippen LogP contribution in [-0.2, 0) is 0 Å². The Bertz CT molecular complexity index is 754. The molecule has 4 heteroatoms. The van der Waals surface area contributed by atoms with Crippen LogP contribution in [-0.4, -0.2) is 9.55 Å². The smallest absolute Gasteiger partial charge is 0.206 e. The molecule has 0 aliphatic heterocycles. The van der Waals surface area contributed by atoms with E-state index in [1.807, 2.05) is 32.0 Å². The zero-order valence-electron chi connectivity index (χ0n) is 10.8. The molecule has 1 aromatic heterocycles. The molecule has 0 saturated heterocycles. The lowest BCUT2D eigenvalue weighted by Crippen LogP contribution is -2.01. The maximum absolute atomic E-state index is 13.7. The van der Waals surface area contributed by atoms with Gasteiger partial charge in [0.2, 0.25) is 5.95 Å². The van der Waals surface area contributed by atoms with Crippen molar-refractivity contribution in [3.8, 4) is 5.69 Å². The van der Waals surface area contributed by atoms with Crippen LogP contribution in [0, 0.1) is 19.7 Å². The summed E-state index contributed by atoms with van der Waals surface area (Å²) in [6.07, 6.45) is 0. The number of hydrogen-bond donors (Lipinski definition) is 1. The van der Waals surface area contributed by atoms with Gasteiger partial charge in [0, 0.05) is 5.69 Å². The number of halogens is 1. The molecular formula is C15H14FN3. The van der Waals surface area contributed by atoms with Gasteiger partial charge in [-0.3, -0.25) is 4.57 Å². The number of para-hydroxylation sites is 1. The Kier molecular flexibility index (Phi) is 2.52. The summed E-state index contributed by atoms with van der Waals surface area (Å²) in [7, 11) is 0. The zero-order valence-corrected chi connectivity index (χ0v) is 10.8. The molecular weight excluding hydrogens is 241 g/mol. The number of nitrogens with zero attached hydrogens (tertiary/aromatic N) is 2. The van der Waals surface area contributed by atoms with Crippen LogP contribution < -0.4 is 5.73 Å². The predicted molar refractivity (Wildman–Crippen MR) is 74.9 cm³/mol. The third-order valence-corrected chi connectivity index (χ3v) is 3.13. The van der Waals surface area contributed by atoms with Crippen LogP contribution in [0.25, 0.3) is 16.7 Å². The number of imidazole rings is 1. The topological polar surface area (TPSA) is 43.8 Å². The molecule has 0 bridgehead atoms. The van der Waals surface area contributed by atoms with E-state index in [1.54, 1.807) is 10.6 Å². The lowest BCUT2D eigenvalue weighted by Gasteiger charge is -2.09. The number of aromatic nitrogens is 2. The van der Waals surface area contributed by atoms with Crippen LogP contribution in [0.15, 0.2) is 36.4 Å². The average Bonchev–Trinajstić information content (AvgIpc) is 2.65. The van der Waals surface area contributed by atoms with E-state index < -0.39 is 0 Å². The number of rotatable bonds is 1. The van der Waals surface area contributed by atoms with E-state index in [-0.39, 0.29) is 5.82 Å². The highest BCUT2D eigenvalue weighted by atomic mass is 19.1. The van der Waals surface area contributed by atoms with E-state index in [1.165, 1.54) is 6.07 Å². The summed E-state index contributed by atoms with van der Waals surface area (Å²) in [6, 6.07) is 11.0. The van der Waals surface area contributed by atoms with Crippen LogP contribution >= 0.6 is 0 Å². The van der Waals surface area contributed by atoms with Gasteiger partial charge in [-0.2, -0.15) is 0 Å². The second-order valence-electron chi connectivity index (χ2n) is 4.76. The fraction of sp³-hybridized carbons (Fsp3) is 0.133. The highest BCUT2D eigenvalue weighted by Gasteiger charge is 2.13. The van der Waals surface area contributed by atoms with Gasteiger partial charge in [-0.05, 0) is 49.2 Å². The summed E-state index contributed by atoms with van der Waals surface area (Å²) in [5.41, 5.74) is 10.1. The Morgan fingerprint density at radius 3 is 2.47 bits per heavy atom. The Hall–Kier alpha value is -2.36. The van der Waals surface area contributed by atoms with Crippen molar-refractivity contribution in [2.24, 2.45) is 0 Å². The van der Waals surface area contributed by atoms with Crippen molar-refractivity contribution in [3.63, 3.8) is 0 Å². The lowest BCUT2D eigenvalue weighted by molar-refractivity contribution is 0.637. The maximum atomic E-state index is 13.7. The average molecular weight is 255 g/mol. The molecule has 3 rings (SSSR count). The van der Waals surface area contributed by atoms with Crippen molar-refractivity contribution in [1.82, 2.24) is 9.55 Å². The van der Waals surface area contributed by atoms with E-state index in [0.29, 0.717) is 17.0 Å². The quantitative estimate of drug-likeness (QED) is 0.724. The first kappa shape index (κ1) is 11.7. The predicted octanol–water partition coefficient (Wildman–Crippen LogP) is 3.36. The van der Waals surface area contributed by atoms with Crippen molar-refractivity contribution in [3.05, 3.63) is 53.3 Å². The van der Waals surface area contributed by atoms with Gasteiger partial charge in [0.1, 0.15) is 5.52 Å². The summed E-state index contributed by atoms with van der Waals surface area (Å²) >= 11 is 0. The third kappa shape index (κ3) is 1.85. The van der Waals surface area contributed by atoms with Gasteiger partial charge in [-0.1, -0.05) is 12.1 Å². The molecule has 1 heterocycles. The van der Waals surface area contributed by atoms with Crippen molar-refractivity contribution >= 4 is 17.0 Å². The largest absolute Gasteiger partial charge is 0.369 e. The Labute approximate surface area is 110 Å². The van der Waals surface area contributed by atoms with Crippen LogP contribution in [0.1, 0.15) is 11.1 Å². The molecule has 0 amide bonds. The van der Waals surface area contributed by atoms with E-state index >= 15 is 0 Å². The highest BCUT2D eigenvalue weighted by molar-refractivity contribution is 5.81. The van der Waals surface area contributed by atoms with Crippen LogP contribution in [0.4, 0.5) is 10.3 Å². The number of benzene rings is 2. The van der Waals surface area contributed by atoms with Gasteiger partial charge in [-0.25, -0.2) is 9.37 Å². The molecule has 2 N–H and O–H groups in total. The van der Waals surface area contributed by atoms with Gasteiger partial charge in [0.25, 0.3) is 0 Å². The number of nitrogens with two attached hydrogens (primary N) is 1. The minimum Gasteiger partial charge on any atom is -0.369 e. The molecule has 96 valence electrons. The minimum absolute atomic E-state index is 0.296. The van der Waals surface area contributed by atoms with Gasteiger partial charge in [0.15, 0.2) is 5.82 Å².